The fourth-order valence-corrected chi connectivity index (χ4v) is 0.872. The number of hydrogen-bond acceptors (Lipinski definition) is 5. The topological polar surface area (TPSA) is 66.5 Å². The molecular formula is C2H2MoN5S2. The van der Waals surface area contributed by atoms with E-state index in [9.17, 15) is 0 Å². The van der Waals surface area contributed by atoms with Gasteiger partial charge in [-0.2, -0.15) is 0 Å². The van der Waals surface area contributed by atoms with E-state index < -0.39 is 0 Å². The van der Waals surface area contributed by atoms with Crippen LogP contribution < -0.4 is 5.32 Å². The van der Waals surface area contributed by atoms with Crippen molar-refractivity contribution in [3.05, 3.63) is 0 Å². The van der Waals surface area contributed by atoms with Gasteiger partial charge in [0, 0.05) is 0 Å². The van der Waals surface area contributed by atoms with Gasteiger partial charge in [-0.25, -0.2) is 0 Å². The van der Waals surface area contributed by atoms with Crippen molar-refractivity contribution in [2.75, 3.05) is 5.32 Å². The Kier molecular flexibility index (Phi) is 3.24. The summed E-state index contributed by atoms with van der Waals surface area (Å²) in [5.41, 5.74) is 0. The molecule has 0 radical (unpaired) electrons. The summed E-state index contributed by atoms with van der Waals surface area (Å²) in [7, 11) is 1.44. The van der Waals surface area contributed by atoms with Crippen molar-refractivity contribution in [2.45, 2.75) is 0 Å². The standard InChI is InChI=1S/C2H3N5S2.Mo/c8-2(9)3-1-4-6-7-5-1;/h(H3,3,4,5,6,7,8,9);/q;+1/p-1. The Morgan fingerprint density at radius 1 is 1.80 bits per heavy atom. The van der Waals surface area contributed by atoms with Crippen molar-refractivity contribution >= 4 is 32.0 Å². The molecule has 0 aliphatic rings. The van der Waals surface area contributed by atoms with Crippen LogP contribution in [0.5, 0.6) is 0 Å². The molecule has 1 heterocycles. The molecule has 5 nitrogen and oxygen atoms in total. The van der Waals surface area contributed by atoms with Gasteiger partial charge in [0.1, 0.15) is 0 Å². The second-order valence-corrected chi connectivity index (χ2v) is 3.72. The van der Waals surface area contributed by atoms with E-state index in [4.69, 9.17) is 12.2 Å². The van der Waals surface area contributed by atoms with Crippen molar-refractivity contribution in [3.8, 4) is 0 Å². The van der Waals surface area contributed by atoms with Crippen LogP contribution in [0.15, 0.2) is 0 Å². The molecule has 0 spiro atoms. The molecule has 0 aliphatic carbocycles. The van der Waals surface area contributed by atoms with Crippen LogP contribution in [0.1, 0.15) is 0 Å². The number of thiocarbonyl (C=S) groups is 1. The number of nitrogens with one attached hydrogen (secondary N) is 2. The van der Waals surface area contributed by atoms with E-state index in [1.54, 1.807) is 0 Å². The summed E-state index contributed by atoms with van der Waals surface area (Å²) in [6.07, 6.45) is 0. The van der Waals surface area contributed by atoms with Crippen molar-refractivity contribution in [1.29, 1.82) is 0 Å². The second kappa shape index (κ2) is 4.00. The third kappa shape index (κ3) is 2.32. The summed E-state index contributed by atoms with van der Waals surface area (Å²) >= 11 is 6.65. The third-order valence-corrected chi connectivity index (χ3v) is 3.32. The van der Waals surface area contributed by atoms with Gasteiger partial charge in [0.2, 0.25) is 0 Å². The van der Waals surface area contributed by atoms with E-state index >= 15 is 0 Å². The molecule has 0 unspecified atom stereocenters. The minimum absolute atomic E-state index is 0.473. The van der Waals surface area contributed by atoms with Crippen molar-refractivity contribution in [1.82, 2.24) is 20.6 Å². The van der Waals surface area contributed by atoms with Crippen LogP contribution >= 0.6 is 21.7 Å². The number of aromatic nitrogens is 4. The van der Waals surface area contributed by atoms with Gasteiger partial charge in [-0.15, -0.1) is 0 Å². The van der Waals surface area contributed by atoms with E-state index in [1.807, 2.05) is 18.5 Å². The Morgan fingerprint density at radius 2 is 2.60 bits per heavy atom. The number of anilines is 1. The normalized spacial score (nSPS) is 9.20. The molecule has 0 saturated carbocycles. The molecule has 1 aromatic rings. The fourth-order valence-electron chi connectivity index (χ4n) is 0.330. The van der Waals surface area contributed by atoms with E-state index in [2.05, 4.69) is 25.9 Å². The second-order valence-electron chi connectivity index (χ2n) is 1.25. The van der Waals surface area contributed by atoms with E-state index in [0.717, 1.165) is 0 Å². The van der Waals surface area contributed by atoms with Crippen LogP contribution in [0.4, 0.5) is 5.95 Å². The Hall–Kier alpha value is -0.00169. The van der Waals surface area contributed by atoms with Gasteiger partial charge in [-0.3, -0.25) is 0 Å². The summed E-state index contributed by atoms with van der Waals surface area (Å²) in [6.45, 7) is 0. The third-order valence-electron chi connectivity index (χ3n) is 0.641. The van der Waals surface area contributed by atoms with Crippen LogP contribution in [-0.2, 0) is 18.5 Å². The molecule has 1 aromatic heterocycles. The summed E-state index contributed by atoms with van der Waals surface area (Å²) < 4.78 is 0.642. The minimum atomic E-state index is 0.473. The summed E-state index contributed by atoms with van der Waals surface area (Å²) in [5, 5.41) is 15.6. The molecule has 0 atom stereocenters. The SMILES string of the molecule is S=C(Nc1nnn[nH]1)[S][Mo]. The van der Waals surface area contributed by atoms with E-state index in [-0.39, 0.29) is 0 Å². The molecule has 0 aromatic carbocycles. The first kappa shape index (κ1) is 8.10. The van der Waals surface area contributed by atoms with Crippen LogP contribution in [0, 0.1) is 0 Å². The monoisotopic (exact) mass is 258 g/mol. The van der Waals surface area contributed by atoms with Crippen LogP contribution in [-0.4, -0.2) is 24.9 Å². The average Bonchev–Trinajstić information content (AvgIpc) is 2.40. The average molecular weight is 256 g/mol. The van der Waals surface area contributed by atoms with E-state index in [0.29, 0.717) is 10.3 Å². The molecule has 2 N–H and O–H groups in total. The zero-order valence-corrected chi connectivity index (χ0v) is 8.21. The predicted octanol–water partition coefficient (Wildman–Crippen LogP) is 0.0915. The Morgan fingerprint density at radius 3 is 3.10 bits per heavy atom. The molecular weight excluding hydrogens is 254 g/mol. The number of hydrogen-bond donors (Lipinski definition) is 2. The van der Waals surface area contributed by atoms with Gasteiger partial charge in [0.25, 0.3) is 0 Å². The van der Waals surface area contributed by atoms with Crippen molar-refractivity contribution in [2.24, 2.45) is 0 Å². The summed E-state index contributed by atoms with van der Waals surface area (Å²) in [4.78, 5) is 0. The van der Waals surface area contributed by atoms with Gasteiger partial charge >= 0.3 is 76.4 Å². The van der Waals surface area contributed by atoms with Gasteiger partial charge in [-0.05, 0) is 0 Å². The van der Waals surface area contributed by atoms with Gasteiger partial charge in [0.05, 0.1) is 0 Å². The molecule has 0 amide bonds. The zero-order chi connectivity index (χ0) is 7.40. The number of rotatable bonds is 1. The quantitative estimate of drug-likeness (QED) is 0.548. The predicted molar refractivity (Wildman–Crippen MR) is 38.0 cm³/mol. The molecule has 0 aliphatic heterocycles. The van der Waals surface area contributed by atoms with Crippen molar-refractivity contribution < 1.29 is 18.5 Å². The molecule has 1 rings (SSSR count). The molecule has 0 saturated heterocycles. The summed E-state index contributed by atoms with van der Waals surface area (Å²) in [6, 6.07) is 0. The Bertz CT molecular complexity index is 209. The number of aromatic amines is 1. The number of nitrogens with zero attached hydrogens (tertiary/aromatic N) is 3. The Labute approximate surface area is 76.3 Å². The summed E-state index contributed by atoms with van der Waals surface area (Å²) in [5.74, 6) is 0.473. The first-order valence-electron chi connectivity index (χ1n) is 2.17. The molecule has 8 heteroatoms. The Balaban J connectivity index is 2.48. The maximum atomic E-state index is 4.84. The molecule has 10 heavy (non-hydrogen) atoms. The number of H-pyrrole nitrogens is 1. The first-order valence-corrected chi connectivity index (χ1v) is 5.78. The van der Waals surface area contributed by atoms with Crippen LogP contribution in [0.25, 0.3) is 0 Å². The molecule has 0 bridgehead atoms. The molecule has 0 fully saturated rings. The van der Waals surface area contributed by atoms with Gasteiger partial charge < -0.3 is 0 Å². The maximum absolute atomic E-state index is 4.84. The van der Waals surface area contributed by atoms with Gasteiger partial charge in [0.15, 0.2) is 0 Å². The zero-order valence-electron chi connectivity index (χ0n) is 4.57. The first-order chi connectivity index (χ1) is 4.83. The molecule has 53 valence electrons. The fraction of sp³-hybridized carbons (Fsp3) is 0. The number of tetrazole rings is 1. The van der Waals surface area contributed by atoms with Crippen molar-refractivity contribution in [3.63, 3.8) is 0 Å². The van der Waals surface area contributed by atoms with Crippen LogP contribution in [0.3, 0.4) is 0 Å². The van der Waals surface area contributed by atoms with E-state index in [1.165, 1.54) is 9.47 Å². The van der Waals surface area contributed by atoms with Gasteiger partial charge in [-0.1, -0.05) is 0 Å². The van der Waals surface area contributed by atoms with Crippen LogP contribution in [0.2, 0.25) is 0 Å².